The van der Waals surface area contributed by atoms with E-state index in [9.17, 15) is 0 Å². The van der Waals surface area contributed by atoms with Gasteiger partial charge < -0.3 is 19.7 Å². The van der Waals surface area contributed by atoms with Crippen LogP contribution in [0.2, 0.25) is 0 Å². The predicted octanol–water partition coefficient (Wildman–Crippen LogP) is 4.58. The molecule has 2 saturated heterocycles. The number of ether oxygens (including phenoxy) is 2. The molecular formula is C27H37N3O2. The van der Waals surface area contributed by atoms with Crippen LogP contribution in [-0.2, 0) is 22.6 Å². The molecule has 2 aromatic carbocycles. The molecule has 2 unspecified atom stereocenters. The fourth-order valence-corrected chi connectivity index (χ4v) is 4.86. The van der Waals surface area contributed by atoms with Crippen molar-refractivity contribution in [3.63, 3.8) is 0 Å². The number of hydrogen-bond acceptors (Lipinski definition) is 3. The summed E-state index contributed by atoms with van der Waals surface area (Å²) < 4.78 is 11.4. The maximum Gasteiger partial charge on any atom is 0.193 e. The molecule has 172 valence electrons. The summed E-state index contributed by atoms with van der Waals surface area (Å²) in [6.45, 7) is 7.51. The molecule has 4 rings (SSSR count). The zero-order valence-corrected chi connectivity index (χ0v) is 19.5. The Bertz CT molecular complexity index is 847. The lowest BCUT2D eigenvalue weighted by atomic mass is 9.82. The Labute approximate surface area is 192 Å². The number of aliphatic imine (C=N–C) groups is 1. The Balaban J connectivity index is 1.24. The minimum absolute atomic E-state index is 0.335. The van der Waals surface area contributed by atoms with Crippen molar-refractivity contribution in [1.29, 1.82) is 0 Å². The molecule has 2 aliphatic rings. The third-order valence-electron chi connectivity index (χ3n) is 6.77. The molecule has 5 nitrogen and oxygen atoms in total. The number of guanidine groups is 1. The Morgan fingerprint density at radius 1 is 1.03 bits per heavy atom. The van der Waals surface area contributed by atoms with E-state index in [4.69, 9.17) is 9.47 Å². The Kier molecular flexibility index (Phi) is 8.18. The molecule has 32 heavy (non-hydrogen) atoms. The molecule has 0 spiro atoms. The maximum atomic E-state index is 6.03. The first-order chi connectivity index (χ1) is 15.7. The van der Waals surface area contributed by atoms with Gasteiger partial charge in [-0.05, 0) is 47.8 Å². The smallest absolute Gasteiger partial charge is 0.193 e. The van der Waals surface area contributed by atoms with Gasteiger partial charge in [-0.3, -0.25) is 4.99 Å². The lowest BCUT2D eigenvalue weighted by molar-refractivity contribution is -0.0390. The van der Waals surface area contributed by atoms with Crippen molar-refractivity contribution >= 4 is 5.96 Å². The second-order valence-corrected chi connectivity index (χ2v) is 9.07. The molecule has 2 atom stereocenters. The van der Waals surface area contributed by atoms with Crippen LogP contribution in [0.4, 0.5) is 0 Å². The summed E-state index contributed by atoms with van der Waals surface area (Å²) in [4.78, 5) is 6.96. The van der Waals surface area contributed by atoms with Crippen molar-refractivity contribution < 1.29 is 9.47 Å². The van der Waals surface area contributed by atoms with E-state index in [-0.39, 0.29) is 0 Å². The van der Waals surface area contributed by atoms with Crippen molar-refractivity contribution in [2.45, 2.75) is 51.4 Å². The minimum atomic E-state index is 0.335. The summed E-state index contributed by atoms with van der Waals surface area (Å²) in [6.07, 6.45) is 3.50. The molecule has 0 saturated carbocycles. The van der Waals surface area contributed by atoms with Gasteiger partial charge in [-0.2, -0.15) is 0 Å². The van der Waals surface area contributed by atoms with Gasteiger partial charge in [0.15, 0.2) is 5.96 Å². The summed E-state index contributed by atoms with van der Waals surface area (Å²) in [5.74, 6) is 2.22. The van der Waals surface area contributed by atoms with E-state index >= 15 is 0 Å². The molecule has 0 bridgehead atoms. The number of nitrogens with one attached hydrogen (secondary N) is 1. The van der Waals surface area contributed by atoms with Crippen LogP contribution in [-0.4, -0.2) is 50.3 Å². The third-order valence-corrected chi connectivity index (χ3v) is 6.77. The van der Waals surface area contributed by atoms with Crippen LogP contribution in [0, 0.1) is 5.92 Å². The SMILES string of the molecule is CN=C(NCc1ccc(COC2CCOCC2)cc1)N1CCC(c2ccccc2)C(C)C1. The molecular weight excluding hydrogens is 398 g/mol. The first-order valence-corrected chi connectivity index (χ1v) is 12.0. The molecule has 0 aromatic heterocycles. The Hall–Kier alpha value is -2.37. The molecule has 2 aromatic rings. The highest BCUT2D eigenvalue weighted by atomic mass is 16.5. The molecule has 5 heteroatoms. The average Bonchev–Trinajstić information content (AvgIpc) is 2.85. The number of rotatable bonds is 6. The first-order valence-electron chi connectivity index (χ1n) is 12.0. The van der Waals surface area contributed by atoms with Gasteiger partial charge in [0.1, 0.15) is 0 Å². The fraction of sp³-hybridized carbons (Fsp3) is 0.519. The molecule has 2 heterocycles. The molecule has 0 amide bonds. The van der Waals surface area contributed by atoms with Crippen molar-refractivity contribution in [2.24, 2.45) is 10.9 Å². The Morgan fingerprint density at radius 2 is 1.75 bits per heavy atom. The van der Waals surface area contributed by atoms with Gasteiger partial charge >= 0.3 is 0 Å². The monoisotopic (exact) mass is 435 g/mol. The number of likely N-dealkylation sites (tertiary alicyclic amines) is 1. The summed E-state index contributed by atoms with van der Waals surface area (Å²) in [6, 6.07) is 19.7. The number of hydrogen-bond donors (Lipinski definition) is 1. The van der Waals surface area contributed by atoms with E-state index in [0.717, 1.165) is 58.1 Å². The van der Waals surface area contributed by atoms with Crippen LogP contribution in [0.25, 0.3) is 0 Å². The van der Waals surface area contributed by atoms with Gasteiger partial charge in [-0.1, -0.05) is 61.5 Å². The number of nitrogens with zero attached hydrogens (tertiary/aromatic N) is 2. The van der Waals surface area contributed by atoms with Crippen LogP contribution in [0.3, 0.4) is 0 Å². The highest BCUT2D eigenvalue weighted by Gasteiger charge is 2.28. The molecule has 2 aliphatic heterocycles. The summed E-state index contributed by atoms with van der Waals surface area (Å²) >= 11 is 0. The van der Waals surface area contributed by atoms with Crippen LogP contribution < -0.4 is 5.32 Å². The lowest BCUT2D eigenvalue weighted by Gasteiger charge is -2.39. The highest BCUT2D eigenvalue weighted by molar-refractivity contribution is 5.80. The molecule has 2 fully saturated rings. The summed E-state index contributed by atoms with van der Waals surface area (Å²) in [5.41, 5.74) is 3.94. The van der Waals surface area contributed by atoms with Gasteiger partial charge in [-0.15, -0.1) is 0 Å². The van der Waals surface area contributed by atoms with Crippen LogP contribution in [0.15, 0.2) is 59.6 Å². The van der Waals surface area contributed by atoms with Crippen LogP contribution in [0.5, 0.6) is 0 Å². The van der Waals surface area contributed by atoms with Gasteiger partial charge in [-0.25, -0.2) is 0 Å². The van der Waals surface area contributed by atoms with Crippen molar-refractivity contribution in [1.82, 2.24) is 10.2 Å². The fourth-order valence-electron chi connectivity index (χ4n) is 4.86. The standard InChI is InChI=1S/C27H37N3O2/c1-21-19-30(15-12-26(21)24-6-4-3-5-7-24)27(28-2)29-18-22-8-10-23(11-9-22)20-32-25-13-16-31-17-14-25/h3-11,21,25-26H,12-20H2,1-2H3,(H,28,29). The third kappa shape index (κ3) is 6.11. The topological polar surface area (TPSA) is 46.1 Å². The van der Waals surface area contributed by atoms with Crippen LogP contribution >= 0.6 is 0 Å². The first kappa shape index (κ1) is 22.8. The quantitative estimate of drug-likeness (QED) is 0.533. The molecule has 1 N–H and O–H groups in total. The van der Waals surface area contributed by atoms with Gasteiger partial charge in [0.05, 0.1) is 12.7 Å². The number of piperidine rings is 1. The normalized spacial score (nSPS) is 22.7. The van der Waals surface area contributed by atoms with Crippen molar-refractivity contribution in [2.75, 3.05) is 33.4 Å². The van der Waals surface area contributed by atoms with E-state index in [1.165, 1.54) is 16.7 Å². The average molecular weight is 436 g/mol. The minimum Gasteiger partial charge on any atom is -0.381 e. The van der Waals surface area contributed by atoms with Gasteiger partial charge in [0, 0.05) is 39.9 Å². The van der Waals surface area contributed by atoms with Crippen molar-refractivity contribution in [3.05, 3.63) is 71.3 Å². The summed E-state index contributed by atoms with van der Waals surface area (Å²) in [7, 11) is 1.88. The molecule has 0 aliphatic carbocycles. The van der Waals surface area contributed by atoms with E-state index in [1.54, 1.807) is 0 Å². The second-order valence-electron chi connectivity index (χ2n) is 9.07. The Morgan fingerprint density at radius 3 is 2.44 bits per heavy atom. The van der Waals surface area contributed by atoms with E-state index in [1.807, 2.05) is 7.05 Å². The second kappa shape index (κ2) is 11.5. The summed E-state index contributed by atoms with van der Waals surface area (Å²) in [5, 5.41) is 3.56. The van der Waals surface area contributed by atoms with E-state index in [0.29, 0.717) is 24.5 Å². The lowest BCUT2D eigenvalue weighted by Crippen LogP contribution is -2.47. The number of benzene rings is 2. The predicted molar refractivity (Wildman–Crippen MR) is 130 cm³/mol. The van der Waals surface area contributed by atoms with Crippen molar-refractivity contribution in [3.8, 4) is 0 Å². The maximum absolute atomic E-state index is 6.03. The van der Waals surface area contributed by atoms with E-state index in [2.05, 4.69) is 76.7 Å². The van der Waals surface area contributed by atoms with E-state index < -0.39 is 0 Å². The highest BCUT2D eigenvalue weighted by Crippen LogP contribution is 2.32. The molecule has 0 radical (unpaired) electrons. The van der Waals surface area contributed by atoms with Gasteiger partial charge in [0.25, 0.3) is 0 Å². The zero-order valence-electron chi connectivity index (χ0n) is 19.5. The largest absolute Gasteiger partial charge is 0.381 e. The van der Waals surface area contributed by atoms with Gasteiger partial charge in [0.2, 0.25) is 0 Å². The zero-order chi connectivity index (χ0) is 22.2. The van der Waals surface area contributed by atoms with Crippen LogP contribution in [0.1, 0.15) is 48.8 Å².